The van der Waals surface area contributed by atoms with Crippen molar-refractivity contribution in [3.8, 4) is 11.5 Å². The molecule has 2 aromatic rings. The first-order valence-electron chi connectivity index (χ1n) is 17.2. The molecule has 0 saturated heterocycles. The molecule has 0 aromatic heterocycles. The lowest BCUT2D eigenvalue weighted by molar-refractivity contribution is -0.284. The van der Waals surface area contributed by atoms with E-state index >= 15 is 0 Å². The fourth-order valence-corrected chi connectivity index (χ4v) is 8.47. The molecule has 0 bridgehead atoms. The van der Waals surface area contributed by atoms with Crippen molar-refractivity contribution in [1.29, 1.82) is 0 Å². The van der Waals surface area contributed by atoms with Gasteiger partial charge in [-0.15, -0.1) is 0 Å². The average molecular weight is 712 g/mol. The Morgan fingerprint density at radius 3 is 2.23 bits per heavy atom. The van der Waals surface area contributed by atoms with Gasteiger partial charge in [-0.05, 0) is 128 Å². The monoisotopic (exact) mass is 711 g/mol. The van der Waals surface area contributed by atoms with Crippen molar-refractivity contribution in [3.05, 3.63) is 59.2 Å². The number of halogens is 5. The maximum atomic E-state index is 13.0. The van der Waals surface area contributed by atoms with Crippen LogP contribution in [0.25, 0.3) is 11.1 Å². The fourth-order valence-electron chi connectivity index (χ4n) is 6.90. The van der Waals surface area contributed by atoms with Crippen LogP contribution in [0.3, 0.4) is 0 Å². The zero-order chi connectivity index (χ0) is 35.3. The molecular formula is C38H52F5O3SSi. The van der Waals surface area contributed by atoms with Crippen molar-refractivity contribution in [2.45, 2.75) is 122 Å². The summed E-state index contributed by atoms with van der Waals surface area (Å²) >= 11 is 1.42. The largest absolute Gasteiger partial charge is 0.542 e. The van der Waals surface area contributed by atoms with Crippen LogP contribution in [0.5, 0.6) is 11.5 Å². The van der Waals surface area contributed by atoms with E-state index in [-0.39, 0.29) is 23.4 Å². The van der Waals surface area contributed by atoms with Gasteiger partial charge in [-0.3, -0.25) is 0 Å². The fraction of sp³-hybridized carbons (Fsp3) is 0.632. The van der Waals surface area contributed by atoms with Crippen LogP contribution in [0.1, 0.15) is 102 Å². The molecule has 0 spiro atoms. The first-order valence-corrected chi connectivity index (χ1v) is 20.8. The molecule has 1 N–H and O–H groups in total. The Balaban J connectivity index is 1.39. The van der Waals surface area contributed by atoms with Crippen LogP contribution in [0.15, 0.2) is 42.5 Å². The quantitative estimate of drug-likeness (QED) is 0.113. The molecule has 3 atom stereocenters. The topological polar surface area (TPSA) is 38.7 Å². The zero-order valence-corrected chi connectivity index (χ0v) is 31.1. The summed E-state index contributed by atoms with van der Waals surface area (Å²) < 4.78 is 75.4. The van der Waals surface area contributed by atoms with E-state index in [9.17, 15) is 27.1 Å². The minimum atomic E-state index is -5.47. The summed E-state index contributed by atoms with van der Waals surface area (Å²) in [6.07, 6.45) is -0.986. The third kappa shape index (κ3) is 9.59. The molecule has 1 saturated carbocycles. The van der Waals surface area contributed by atoms with Gasteiger partial charge in [0, 0.05) is 17.4 Å². The number of aliphatic hydroxyl groups is 1. The number of benzene rings is 2. The number of fused-ring (bicyclic) bond motifs is 1. The summed E-state index contributed by atoms with van der Waals surface area (Å²) in [5.41, 5.74) is 5.94. The lowest BCUT2D eigenvalue weighted by atomic mass is 9.64. The van der Waals surface area contributed by atoms with E-state index in [0.717, 1.165) is 73.3 Å². The maximum absolute atomic E-state index is 13.0. The van der Waals surface area contributed by atoms with Crippen LogP contribution < -0.4 is 9.16 Å². The number of rotatable bonds is 15. The molecule has 1 radical (unpaired) electrons. The standard InChI is InChI=1S/C38H52F5O3SSi/c1-35(2,3)27-13-17-30(33(24-27)46-48(5)6)31-23-28-14-18-34(44)36(28,4)25-32(31)26-11-15-29(16-12-26)45-20-8-7-9-21-47-22-10-19-37(39,40)38(41,42)43/h11-13,15-17,24,28,34,44H,7-10,14,18-23,25H2,1-6H3/t28-,34-,36-/m0/s1. The third-order valence-electron chi connectivity index (χ3n) is 9.94. The molecule has 2 aliphatic carbocycles. The van der Waals surface area contributed by atoms with Gasteiger partial charge in [-0.25, -0.2) is 0 Å². The first kappa shape index (κ1) is 38.8. The Hall–Kier alpha value is -2.04. The second-order valence-electron chi connectivity index (χ2n) is 15.0. The number of ether oxygens (including phenoxy) is 1. The Morgan fingerprint density at radius 2 is 1.58 bits per heavy atom. The van der Waals surface area contributed by atoms with Crippen LogP contribution in [-0.2, 0) is 5.41 Å². The molecule has 0 amide bonds. The number of unbranched alkanes of at least 4 members (excludes halogenated alkanes) is 2. The van der Waals surface area contributed by atoms with Gasteiger partial charge in [0.15, 0.2) is 0 Å². The number of hydrogen-bond acceptors (Lipinski definition) is 4. The second-order valence-corrected chi connectivity index (χ2v) is 18.2. The van der Waals surface area contributed by atoms with E-state index in [2.05, 4.69) is 71.1 Å². The smallest absolute Gasteiger partial charge is 0.453 e. The number of hydrogen-bond donors (Lipinski definition) is 1. The van der Waals surface area contributed by atoms with E-state index in [1.165, 1.54) is 28.5 Å². The van der Waals surface area contributed by atoms with Gasteiger partial charge in [0.25, 0.3) is 9.04 Å². The Kier molecular flexibility index (Phi) is 12.8. The molecular weight excluding hydrogens is 660 g/mol. The third-order valence-corrected chi connectivity index (χ3v) is 11.7. The van der Waals surface area contributed by atoms with Gasteiger partial charge in [0.2, 0.25) is 0 Å². The normalized spacial score (nSPS) is 21.9. The summed E-state index contributed by atoms with van der Waals surface area (Å²) in [6.45, 7) is 13.8. The Bertz CT molecular complexity index is 1390. The summed E-state index contributed by atoms with van der Waals surface area (Å²) in [7, 11) is -1.00. The van der Waals surface area contributed by atoms with Crippen LogP contribution in [0.2, 0.25) is 13.1 Å². The van der Waals surface area contributed by atoms with Gasteiger partial charge < -0.3 is 14.3 Å². The van der Waals surface area contributed by atoms with Crippen molar-refractivity contribution in [3.63, 3.8) is 0 Å². The van der Waals surface area contributed by atoms with Gasteiger partial charge >= 0.3 is 12.1 Å². The van der Waals surface area contributed by atoms with Gasteiger partial charge in [-0.2, -0.15) is 33.7 Å². The van der Waals surface area contributed by atoms with E-state index in [1.54, 1.807) is 0 Å². The number of aliphatic hydroxyl groups excluding tert-OH is 1. The van der Waals surface area contributed by atoms with Crippen LogP contribution >= 0.6 is 11.8 Å². The van der Waals surface area contributed by atoms with Gasteiger partial charge in [0.05, 0.1) is 12.7 Å². The summed E-state index contributed by atoms with van der Waals surface area (Å²) in [6, 6.07) is 15.0. The number of thioether (sulfide) groups is 1. The molecule has 48 heavy (non-hydrogen) atoms. The molecule has 0 heterocycles. The molecule has 1 fully saturated rings. The summed E-state index contributed by atoms with van der Waals surface area (Å²) in [5, 5.41) is 11.1. The van der Waals surface area contributed by atoms with Crippen molar-refractivity contribution in [1.82, 2.24) is 0 Å². The van der Waals surface area contributed by atoms with Gasteiger partial charge in [-0.1, -0.05) is 52.0 Å². The number of alkyl halides is 5. The molecule has 0 unspecified atom stereocenters. The minimum absolute atomic E-state index is 0.00274. The molecule has 4 rings (SSSR count). The van der Waals surface area contributed by atoms with E-state index < -0.39 is 27.6 Å². The van der Waals surface area contributed by atoms with Crippen molar-refractivity contribution < 1.29 is 36.2 Å². The average Bonchev–Trinajstić information content (AvgIpc) is 3.29. The van der Waals surface area contributed by atoms with Crippen LogP contribution in [-0.4, -0.2) is 50.5 Å². The molecule has 267 valence electrons. The molecule has 2 aliphatic rings. The number of allylic oxidation sites excluding steroid dienone is 2. The summed E-state index contributed by atoms with van der Waals surface area (Å²) in [4.78, 5) is 0. The lowest BCUT2D eigenvalue weighted by Crippen LogP contribution is -2.36. The lowest BCUT2D eigenvalue weighted by Gasteiger charge is -2.41. The Labute approximate surface area is 289 Å². The van der Waals surface area contributed by atoms with Crippen molar-refractivity contribution in [2.75, 3.05) is 18.1 Å². The Morgan fingerprint density at radius 1 is 0.896 bits per heavy atom. The minimum Gasteiger partial charge on any atom is -0.542 e. The molecule has 2 aromatic carbocycles. The molecule has 10 heteroatoms. The predicted molar refractivity (Wildman–Crippen MR) is 189 cm³/mol. The first-order chi connectivity index (χ1) is 22.4. The zero-order valence-electron chi connectivity index (χ0n) is 29.2. The van der Waals surface area contributed by atoms with Crippen LogP contribution in [0, 0.1) is 11.3 Å². The summed E-state index contributed by atoms with van der Waals surface area (Å²) in [5.74, 6) is -1.44. The predicted octanol–water partition coefficient (Wildman–Crippen LogP) is 11.4. The van der Waals surface area contributed by atoms with Crippen LogP contribution in [0.4, 0.5) is 22.0 Å². The SMILES string of the molecule is C[Si](C)Oc1cc(C(C)(C)C)ccc1C1=C(c2ccc(OCCCCCSCCCC(F)(F)C(F)(F)F)cc2)C[C@@]2(C)[C@@H](CC[C@@H]2O)C1. The van der Waals surface area contributed by atoms with Gasteiger partial charge in [0.1, 0.15) is 11.5 Å². The molecule has 3 nitrogen and oxygen atoms in total. The highest BCUT2D eigenvalue weighted by molar-refractivity contribution is 7.99. The highest BCUT2D eigenvalue weighted by Gasteiger charge is 2.56. The maximum Gasteiger partial charge on any atom is 0.453 e. The van der Waals surface area contributed by atoms with E-state index in [1.807, 2.05) is 12.1 Å². The second kappa shape index (κ2) is 15.9. The van der Waals surface area contributed by atoms with E-state index in [4.69, 9.17) is 9.16 Å². The van der Waals surface area contributed by atoms with E-state index in [0.29, 0.717) is 18.3 Å². The molecule has 0 aliphatic heterocycles. The highest BCUT2D eigenvalue weighted by atomic mass is 32.2. The van der Waals surface area contributed by atoms with Crippen molar-refractivity contribution >= 4 is 31.9 Å². The highest BCUT2D eigenvalue weighted by Crippen LogP contribution is 2.58. The van der Waals surface area contributed by atoms with Crippen molar-refractivity contribution in [2.24, 2.45) is 11.3 Å².